The lowest BCUT2D eigenvalue weighted by Gasteiger charge is -1.68. The third-order valence-corrected chi connectivity index (χ3v) is 0.354. The van der Waals surface area contributed by atoms with Crippen molar-refractivity contribution in [3.05, 3.63) is 0 Å². The van der Waals surface area contributed by atoms with E-state index in [0.717, 1.165) is 12.8 Å². The summed E-state index contributed by atoms with van der Waals surface area (Å²) in [5.74, 6) is 0. The van der Waals surface area contributed by atoms with Crippen LogP contribution >= 0.6 is 0 Å². The minimum Gasteiger partial charge on any atom is -0.0776 e. The lowest BCUT2D eigenvalue weighted by molar-refractivity contribution is 0.886. The van der Waals surface area contributed by atoms with E-state index in [0.29, 0.717) is 6.90 Å². The molecule has 0 N–H and O–H groups in total. The van der Waals surface area contributed by atoms with Gasteiger partial charge in [0.1, 0.15) is 0 Å². The van der Waals surface area contributed by atoms with Gasteiger partial charge < -0.3 is 0 Å². The number of rotatable bonds is 1. The Morgan fingerprint density at radius 3 is 1.38 bits per heavy atom. The Bertz CT molecular complexity index is 12.0. The van der Waals surface area contributed by atoms with Gasteiger partial charge in [-0.05, 0) is 0 Å². The molecule has 0 saturated heterocycles. The van der Waals surface area contributed by atoms with Crippen LogP contribution in [-0.2, 0) is 0 Å². The van der Waals surface area contributed by atoms with Gasteiger partial charge in [-0.2, -0.15) is 0 Å². The fourth-order valence-corrected chi connectivity index (χ4v) is 0. The van der Waals surface area contributed by atoms with Gasteiger partial charge in [0, 0.05) is 1.37 Å². The van der Waals surface area contributed by atoms with E-state index in [9.17, 15) is 0 Å². The van der Waals surface area contributed by atoms with Crippen molar-refractivity contribution in [2.45, 2.75) is 56.4 Å². The molecule has 0 aromatic heterocycles. The van der Waals surface area contributed by atoms with Crippen molar-refractivity contribution in [3.8, 4) is 0 Å². The molecule has 0 heteroatoms. The van der Waals surface area contributed by atoms with Crippen LogP contribution in [0.1, 0.15) is 57.7 Å². The largest absolute Gasteiger partial charge is 0.0776 e. The summed E-state index contributed by atoms with van der Waals surface area (Å²) in [7, 11) is 0. The molecule has 58 valence electrons. The molecule has 0 radical (unpaired) electrons. The average molecular weight is 123 g/mol. The molecule has 0 spiro atoms. The zero-order valence-electron chi connectivity index (χ0n) is 4.12. The van der Waals surface area contributed by atoms with E-state index < -0.39 is 0 Å². The summed E-state index contributed by atoms with van der Waals surface area (Å²) in [5, 5.41) is 0. The molecule has 0 fully saturated rings. The Morgan fingerprint density at radius 2 is 1.38 bits per heavy atom. The van der Waals surface area contributed by atoms with Crippen molar-refractivity contribution in [3.63, 3.8) is 0 Å². The van der Waals surface area contributed by atoms with Crippen LogP contribution in [-0.4, -0.2) is 0 Å². The summed E-state index contributed by atoms with van der Waals surface area (Å²) < 4.78 is 6.60. The molecule has 0 nitrogen and oxygen atoms in total. The Kier molecular flexibility index (Phi) is 193. The lowest BCUT2D eigenvalue weighted by Crippen LogP contribution is -1.47. The van der Waals surface area contributed by atoms with E-state index in [1.54, 1.807) is 0 Å². The van der Waals surface area contributed by atoms with E-state index in [1.807, 2.05) is 0 Å². The molecule has 0 aromatic carbocycles. The maximum atomic E-state index is 6.60. The predicted octanol–water partition coefficient (Wildman–Crippen LogP) is 4.35. The minimum absolute atomic E-state index is 0. The molecule has 0 unspecified atom stereocenters. The van der Waals surface area contributed by atoms with Crippen LogP contribution in [0.2, 0.25) is 0 Å². The Balaban J connectivity index is -0.0000000133. The second kappa shape index (κ2) is 63.0. The van der Waals surface area contributed by atoms with Crippen LogP contribution in [0, 0.1) is 0 Å². The van der Waals surface area contributed by atoms with Gasteiger partial charge in [0.2, 0.25) is 0 Å². The van der Waals surface area contributed by atoms with Gasteiger partial charge in [-0.25, -0.2) is 0 Å². The number of hydrogen-bond acceptors (Lipinski definition) is 0. The zero-order chi connectivity index (χ0) is 4.12. The normalized spacial score (nSPS) is 5.38. The highest BCUT2D eigenvalue weighted by atomic mass is 13.6. The van der Waals surface area contributed by atoms with Crippen molar-refractivity contribution in [1.82, 2.24) is 0 Å². The van der Waals surface area contributed by atoms with Crippen molar-refractivity contribution in [1.29, 1.82) is 0 Å². The first-order chi connectivity index (χ1) is 2.41. The van der Waals surface area contributed by atoms with Gasteiger partial charge in [-0.1, -0.05) is 56.4 Å². The van der Waals surface area contributed by atoms with Crippen LogP contribution in [0.4, 0.5) is 0 Å². The Hall–Kier alpha value is 0. The van der Waals surface area contributed by atoms with Crippen LogP contribution < -0.4 is 0 Å². The van der Waals surface area contributed by atoms with Crippen LogP contribution in [0.5, 0.6) is 0 Å². The van der Waals surface area contributed by atoms with Crippen molar-refractivity contribution < 1.29 is 1.37 Å². The smallest absolute Gasteiger partial charge is 0.0230 e. The molecule has 0 aliphatic rings. The number of unbranched alkanes of at least 4 members (excludes halogenated alkanes) is 1. The monoisotopic (exact) mass is 123 g/mol. The van der Waals surface area contributed by atoms with E-state index >= 15 is 0 Å². The molecule has 8 heavy (non-hydrogen) atoms. The molecule has 0 atom stereocenters. The Labute approximate surface area is 58.7 Å². The molecule has 0 amide bonds. The van der Waals surface area contributed by atoms with Crippen LogP contribution in [0.25, 0.3) is 0 Å². The molecule has 0 rings (SSSR count). The third kappa shape index (κ3) is 150. The topological polar surface area (TPSA) is 0 Å². The van der Waals surface area contributed by atoms with E-state index in [2.05, 4.69) is 6.92 Å². The fraction of sp³-hybridized carbons (Fsp3) is 1.00. The van der Waals surface area contributed by atoms with Crippen LogP contribution in [0.15, 0.2) is 0 Å². The zero-order valence-corrected chi connectivity index (χ0v) is 3.12. The lowest BCUT2D eigenvalue weighted by atomic mass is 10.4. The van der Waals surface area contributed by atoms with Gasteiger partial charge in [0.15, 0.2) is 0 Å². The molecule has 0 saturated carbocycles. The van der Waals surface area contributed by atoms with Gasteiger partial charge in [-0.15, -0.1) is 0 Å². The summed E-state index contributed by atoms with van der Waals surface area (Å²) in [4.78, 5) is 0. The van der Waals surface area contributed by atoms with Crippen molar-refractivity contribution >= 4 is 0 Å². The molecule has 0 aliphatic heterocycles. The highest BCUT2D eigenvalue weighted by molar-refractivity contribution is 4.12. The van der Waals surface area contributed by atoms with Gasteiger partial charge in [0.05, 0.1) is 0 Å². The summed E-state index contributed by atoms with van der Waals surface area (Å²) in [6, 6.07) is 0. The molecular weight excluding hydrogens is 96.1 g/mol. The molecule has 0 aliphatic carbocycles. The maximum Gasteiger partial charge on any atom is 0.0230 e. The van der Waals surface area contributed by atoms with Crippen molar-refractivity contribution in [2.24, 2.45) is 0 Å². The molecule has 0 aromatic rings. The number of hydrogen-bond donors (Lipinski definition) is 0. The standard InChI is InChI=1S/C4H10.4CH4/c1-3-4-2;;;;/h3-4H2,1-2H3;4*1H4/i1D;;;;. The first kappa shape index (κ1) is 24.5. The fourth-order valence-electron chi connectivity index (χ4n) is 0. The average Bonchev–Trinajstić information content (AvgIpc) is 1.41. The SMILES string of the molecule is C.C.C.C.[2H]CCCC. The Morgan fingerprint density at radius 1 is 1.00 bits per heavy atom. The quantitative estimate of drug-likeness (QED) is 0.486. The second-order valence-electron chi connectivity index (χ2n) is 0.854. The summed E-state index contributed by atoms with van der Waals surface area (Å²) in [6.07, 6.45) is 2.21. The van der Waals surface area contributed by atoms with Gasteiger partial charge in [-0.3, -0.25) is 0 Å². The van der Waals surface area contributed by atoms with Gasteiger partial charge in [0.25, 0.3) is 0 Å². The summed E-state index contributed by atoms with van der Waals surface area (Å²) >= 11 is 0. The van der Waals surface area contributed by atoms with Crippen LogP contribution in [0.3, 0.4) is 0 Å². The minimum atomic E-state index is 0. The summed E-state index contributed by atoms with van der Waals surface area (Å²) in [5.41, 5.74) is 0. The second-order valence-corrected chi connectivity index (χ2v) is 0.854. The van der Waals surface area contributed by atoms with E-state index in [-0.39, 0.29) is 29.7 Å². The third-order valence-electron chi connectivity index (χ3n) is 0.354. The van der Waals surface area contributed by atoms with Gasteiger partial charge >= 0.3 is 0 Å². The molecule has 0 heterocycles. The first-order valence-corrected chi connectivity index (χ1v) is 1.71. The highest BCUT2D eigenvalue weighted by Gasteiger charge is 1.56. The molecule has 0 bridgehead atoms. The predicted molar refractivity (Wildman–Crippen MR) is 47.5 cm³/mol. The van der Waals surface area contributed by atoms with Crippen molar-refractivity contribution in [2.75, 3.05) is 0 Å². The maximum absolute atomic E-state index is 6.60. The molecular formula is C8H26. The summed E-state index contributed by atoms with van der Waals surface area (Å²) in [6.45, 7) is 2.69. The first-order valence-electron chi connectivity index (χ1n) is 2.41. The van der Waals surface area contributed by atoms with E-state index in [1.165, 1.54) is 0 Å². The highest BCUT2D eigenvalue weighted by Crippen LogP contribution is 1.76. The van der Waals surface area contributed by atoms with E-state index in [4.69, 9.17) is 1.37 Å².